The Morgan fingerprint density at radius 2 is 2.00 bits per heavy atom. The molecule has 1 aromatic rings. The van der Waals surface area contributed by atoms with Gasteiger partial charge in [0.2, 0.25) is 0 Å². The SMILES string of the molecule is CCCCOC(=O)c1ccc(NC(=O)N2CCCCC2C)cc1. The normalized spacial score (nSPS) is 17.7. The highest BCUT2D eigenvalue weighted by atomic mass is 16.5. The molecule has 2 rings (SSSR count). The zero-order chi connectivity index (χ0) is 16.7. The highest BCUT2D eigenvalue weighted by Crippen LogP contribution is 2.18. The highest BCUT2D eigenvalue weighted by molar-refractivity contribution is 5.92. The molecule has 1 heterocycles. The van der Waals surface area contributed by atoms with Gasteiger partial charge in [0.05, 0.1) is 12.2 Å². The molecule has 0 saturated carbocycles. The number of ether oxygens (including phenoxy) is 1. The van der Waals surface area contributed by atoms with Crippen LogP contribution in [0.2, 0.25) is 0 Å². The van der Waals surface area contributed by atoms with E-state index in [1.54, 1.807) is 24.3 Å². The summed E-state index contributed by atoms with van der Waals surface area (Å²) in [5, 5.41) is 2.90. The molecule has 126 valence electrons. The van der Waals surface area contributed by atoms with Crippen molar-refractivity contribution in [1.82, 2.24) is 4.90 Å². The van der Waals surface area contributed by atoms with Gasteiger partial charge in [-0.05, 0) is 56.9 Å². The number of carbonyl (C=O) groups is 2. The largest absolute Gasteiger partial charge is 0.462 e. The molecule has 1 saturated heterocycles. The van der Waals surface area contributed by atoms with Crippen molar-refractivity contribution in [2.75, 3.05) is 18.5 Å². The van der Waals surface area contributed by atoms with E-state index in [1.807, 2.05) is 4.90 Å². The number of hydrogen-bond donors (Lipinski definition) is 1. The lowest BCUT2D eigenvalue weighted by Crippen LogP contribution is -2.44. The number of hydrogen-bond acceptors (Lipinski definition) is 3. The maximum atomic E-state index is 12.3. The van der Waals surface area contributed by atoms with Crippen LogP contribution in [0.1, 0.15) is 56.3 Å². The fourth-order valence-electron chi connectivity index (χ4n) is 2.68. The Morgan fingerprint density at radius 1 is 1.26 bits per heavy atom. The molecule has 0 aromatic heterocycles. The van der Waals surface area contributed by atoms with Gasteiger partial charge in [-0.15, -0.1) is 0 Å². The Kier molecular flexibility index (Phi) is 6.44. The minimum atomic E-state index is -0.319. The van der Waals surface area contributed by atoms with Crippen LogP contribution in [-0.2, 0) is 4.74 Å². The summed E-state index contributed by atoms with van der Waals surface area (Å²) in [5.74, 6) is -0.319. The summed E-state index contributed by atoms with van der Waals surface area (Å²) in [4.78, 5) is 26.0. The summed E-state index contributed by atoms with van der Waals surface area (Å²) >= 11 is 0. The van der Waals surface area contributed by atoms with Crippen LogP contribution in [0.4, 0.5) is 10.5 Å². The molecule has 1 fully saturated rings. The Hall–Kier alpha value is -2.04. The van der Waals surface area contributed by atoms with Gasteiger partial charge in [0.15, 0.2) is 0 Å². The molecule has 2 amide bonds. The number of unbranched alkanes of at least 4 members (excludes halogenated alkanes) is 1. The third kappa shape index (κ3) is 4.98. The summed E-state index contributed by atoms with van der Waals surface area (Å²) < 4.78 is 5.16. The standard InChI is InChI=1S/C18H26N2O3/c1-3-4-13-23-17(21)15-8-10-16(11-9-15)19-18(22)20-12-6-5-7-14(20)2/h8-11,14H,3-7,12-13H2,1-2H3,(H,19,22). The van der Waals surface area contributed by atoms with Crippen molar-refractivity contribution in [3.8, 4) is 0 Å². The number of likely N-dealkylation sites (tertiary alicyclic amines) is 1. The van der Waals surface area contributed by atoms with Crippen molar-refractivity contribution in [1.29, 1.82) is 0 Å². The number of piperidine rings is 1. The summed E-state index contributed by atoms with van der Waals surface area (Å²) in [6.07, 6.45) is 5.15. The molecule has 23 heavy (non-hydrogen) atoms. The summed E-state index contributed by atoms with van der Waals surface area (Å²) in [6, 6.07) is 7.05. The smallest absolute Gasteiger partial charge is 0.338 e. The Morgan fingerprint density at radius 3 is 2.65 bits per heavy atom. The number of amides is 2. The van der Waals surface area contributed by atoms with Crippen molar-refractivity contribution in [3.63, 3.8) is 0 Å². The van der Waals surface area contributed by atoms with Crippen LogP contribution in [-0.4, -0.2) is 36.1 Å². The lowest BCUT2D eigenvalue weighted by Gasteiger charge is -2.33. The second-order valence-corrected chi connectivity index (χ2v) is 6.04. The average molecular weight is 318 g/mol. The molecule has 1 unspecified atom stereocenters. The van der Waals surface area contributed by atoms with E-state index >= 15 is 0 Å². The van der Waals surface area contributed by atoms with Crippen LogP contribution >= 0.6 is 0 Å². The molecular weight excluding hydrogens is 292 g/mol. The van der Waals surface area contributed by atoms with Crippen LogP contribution in [0.15, 0.2) is 24.3 Å². The van der Waals surface area contributed by atoms with Crippen LogP contribution in [0.5, 0.6) is 0 Å². The van der Waals surface area contributed by atoms with E-state index in [0.717, 1.165) is 32.2 Å². The minimum Gasteiger partial charge on any atom is -0.462 e. The highest BCUT2D eigenvalue weighted by Gasteiger charge is 2.23. The number of esters is 1. The Balaban J connectivity index is 1.89. The molecule has 5 nitrogen and oxygen atoms in total. The molecule has 1 aliphatic heterocycles. The van der Waals surface area contributed by atoms with Gasteiger partial charge in [0.1, 0.15) is 0 Å². The van der Waals surface area contributed by atoms with Gasteiger partial charge in [-0.1, -0.05) is 13.3 Å². The fourth-order valence-corrected chi connectivity index (χ4v) is 2.68. The molecule has 1 atom stereocenters. The third-order valence-electron chi connectivity index (χ3n) is 4.17. The first-order chi connectivity index (χ1) is 11.1. The first-order valence-electron chi connectivity index (χ1n) is 8.46. The molecular formula is C18H26N2O3. The van der Waals surface area contributed by atoms with Crippen molar-refractivity contribution >= 4 is 17.7 Å². The molecule has 1 aliphatic rings. The van der Waals surface area contributed by atoms with Gasteiger partial charge < -0.3 is 15.0 Å². The lowest BCUT2D eigenvalue weighted by molar-refractivity contribution is 0.0500. The molecule has 0 radical (unpaired) electrons. The average Bonchev–Trinajstić information content (AvgIpc) is 2.56. The predicted molar refractivity (Wildman–Crippen MR) is 90.7 cm³/mol. The number of anilines is 1. The van der Waals surface area contributed by atoms with E-state index < -0.39 is 0 Å². The monoisotopic (exact) mass is 318 g/mol. The first-order valence-corrected chi connectivity index (χ1v) is 8.46. The minimum absolute atomic E-state index is 0.0736. The number of rotatable bonds is 5. The van der Waals surface area contributed by atoms with Crippen molar-refractivity contribution < 1.29 is 14.3 Å². The van der Waals surface area contributed by atoms with Crippen LogP contribution in [0.25, 0.3) is 0 Å². The molecule has 0 spiro atoms. The molecule has 0 aliphatic carbocycles. The van der Waals surface area contributed by atoms with E-state index in [4.69, 9.17) is 4.74 Å². The number of nitrogens with zero attached hydrogens (tertiary/aromatic N) is 1. The third-order valence-corrected chi connectivity index (χ3v) is 4.17. The fraction of sp³-hybridized carbons (Fsp3) is 0.556. The van der Waals surface area contributed by atoms with E-state index in [9.17, 15) is 9.59 Å². The van der Waals surface area contributed by atoms with Gasteiger partial charge in [-0.2, -0.15) is 0 Å². The van der Waals surface area contributed by atoms with Gasteiger partial charge in [-0.25, -0.2) is 9.59 Å². The van der Waals surface area contributed by atoms with E-state index in [2.05, 4.69) is 19.2 Å². The van der Waals surface area contributed by atoms with Gasteiger partial charge in [0.25, 0.3) is 0 Å². The predicted octanol–water partition coefficient (Wildman–Crippen LogP) is 4.05. The zero-order valence-corrected chi connectivity index (χ0v) is 14.0. The maximum Gasteiger partial charge on any atom is 0.338 e. The van der Waals surface area contributed by atoms with Gasteiger partial charge >= 0.3 is 12.0 Å². The van der Waals surface area contributed by atoms with Gasteiger partial charge in [0, 0.05) is 18.3 Å². The van der Waals surface area contributed by atoms with Crippen LogP contribution in [0.3, 0.4) is 0 Å². The molecule has 1 aromatic carbocycles. The molecule has 5 heteroatoms. The molecule has 1 N–H and O–H groups in total. The van der Waals surface area contributed by atoms with Crippen molar-refractivity contribution in [2.24, 2.45) is 0 Å². The van der Waals surface area contributed by atoms with Crippen LogP contribution < -0.4 is 5.32 Å². The van der Waals surface area contributed by atoms with Crippen molar-refractivity contribution in [3.05, 3.63) is 29.8 Å². The number of urea groups is 1. The van der Waals surface area contributed by atoms with E-state index in [1.165, 1.54) is 6.42 Å². The number of benzene rings is 1. The van der Waals surface area contributed by atoms with Crippen LogP contribution in [0, 0.1) is 0 Å². The number of nitrogens with one attached hydrogen (secondary N) is 1. The second kappa shape index (κ2) is 8.56. The quantitative estimate of drug-likeness (QED) is 0.658. The topological polar surface area (TPSA) is 58.6 Å². The second-order valence-electron chi connectivity index (χ2n) is 6.04. The van der Waals surface area contributed by atoms with E-state index in [0.29, 0.717) is 17.9 Å². The summed E-state index contributed by atoms with van der Waals surface area (Å²) in [6.45, 7) is 5.37. The first kappa shape index (κ1) is 17.3. The molecule has 0 bridgehead atoms. The Labute approximate surface area is 138 Å². The zero-order valence-electron chi connectivity index (χ0n) is 14.0. The maximum absolute atomic E-state index is 12.3. The summed E-state index contributed by atoms with van der Waals surface area (Å²) in [5.41, 5.74) is 1.20. The van der Waals surface area contributed by atoms with Gasteiger partial charge in [-0.3, -0.25) is 0 Å². The summed E-state index contributed by atoms with van der Waals surface area (Å²) in [7, 11) is 0. The number of carbonyl (C=O) groups excluding carboxylic acids is 2. The Bertz CT molecular complexity index is 528. The van der Waals surface area contributed by atoms with Crippen molar-refractivity contribution in [2.45, 2.75) is 52.0 Å². The lowest BCUT2D eigenvalue weighted by atomic mass is 10.0. The van der Waals surface area contributed by atoms with E-state index in [-0.39, 0.29) is 18.0 Å².